The molecule has 0 heterocycles. The summed E-state index contributed by atoms with van der Waals surface area (Å²) in [5.74, 6) is 0. The first-order valence-corrected chi connectivity index (χ1v) is 15.2. The molecule has 0 aromatic heterocycles. The molecule has 0 fully saturated rings. The van der Waals surface area contributed by atoms with Crippen LogP contribution in [0.5, 0.6) is 0 Å². The average molecular weight is 383 g/mol. The standard InChI is InChI=1S/C20H26O2Si3/c1-6-24(7-2,8-3)22-25(21-23(4)5,19-15-11-9-12-16-19)20-17-13-10-14-18-20/h6-18,23H,1-3H2,4-5H3. The van der Waals surface area contributed by atoms with Crippen molar-refractivity contribution in [1.82, 2.24) is 0 Å². The lowest BCUT2D eigenvalue weighted by molar-refractivity contribution is 0.430. The maximum absolute atomic E-state index is 6.89. The molecule has 0 N–H and O–H groups in total. The summed E-state index contributed by atoms with van der Waals surface area (Å²) in [6, 6.07) is 20.6. The summed E-state index contributed by atoms with van der Waals surface area (Å²) in [5.41, 5.74) is 5.60. The van der Waals surface area contributed by atoms with Crippen molar-refractivity contribution >= 4 is 36.3 Å². The van der Waals surface area contributed by atoms with Crippen molar-refractivity contribution in [2.24, 2.45) is 0 Å². The van der Waals surface area contributed by atoms with Crippen LogP contribution in [0.2, 0.25) is 13.1 Å². The van der Waals surface area contributed by atoms with Crippen LogP contribution in [0.3, 0.4) is 0 Å². The molecule has 0 aliphatic carbocycles. The largest absolute Gasteiger partial charge is 0.433 e. The lowest BCUT2D eigenvalue weighted by Crippen LogP contribution is -2.68. The fraction of sp³-hybridized carbons (Fsp3) is 0.100. The van der Waals surface area contributed by atoms with E-state index in [4.69, 9.17) is 8.23 Å². The highest BCUT2D eigenvalue weighted by atomic mass is 28.5. The summed E-state index contributed by atoms with van der Waals surface area (Å²) in [6.45, 7) is 16.3. The smallest absolute Gasteiger partial charge is 0.386 e. The summed E-state index contributed by atoms with van der Waals surface area (Å²) in [6.07, 6.45) is 0. The molecule has 2 aromatic rings. The molecule has 25 heavy (non-hydrogen) atoms. The number of hydrogen-bond donors (Lipinski definition) is 0. The molecule has 2 nitrogen and oxygen atoms in total. The van der Waals surface area contributed by atoms with Crippen molar-refractivity contribution in [2.45, 2.75) is 13.1 Å². The molecule has 5 heteroatoms. The zero-order valence-electron chi connectivity index (χ0n) is 15.0. The van der Waals surface area contributed by atoms with Gasteiger partial charge in [0.1, 0.15) is 0 Å². The van der Waals surface area contributed by atoms with E-state index in [9.17, 15) is 0 Å². The van der Waals surface area contributed by atoms with Crippen LogP contribution in [0.15, 0.2) is 97.5 Å². The molecule has 0 saturated heterocycles. The van der Waals surface area contributed by atoms with Crippen molar-refractivity contribution in [1.29, 1.82) is 0 Å². The zero-order chi connectivity index (χ0) is 18.3. The second-order valence-electron chi connectivity index (χ2n) is 6.08. The molecule has 0 atom stereocenters. The second kappa shape index (κ2) is 8.55. The predicted molar refractivity (Wildman–Crippen MR) is 115 cm³/mol. The van der Waals surface area contributed by atoms with Crippen LogP contribution in [0.4, 0.5) is 0 Å². The highest BCUT2D eigenvalue weighted by Gasteiger charge is 2.48. The first kappa shape index (κ1) is 19.6. The van der Waals surface area contributed by atoms with Gasteiger partial charge >= 0.3 is 8.56 Å². The SMILES string of the molecule is C=C[Si](C=C)(C=C)O[Si](O[SiH](C)C)(c1ccccc1)c1ccccc1. The summed E-state index contributed by atoms with van der Waals surface area (Å²) < 4.78 is 13.6. The van der Waals surface area contributed by atoms with E-state index in [2.05, 4.69) is 57.1 Å². The van der Waals surface area contributed by atoms with Crippen molar-refractivity contribution in [3.8, 4) is 0 Å². The first-order chi connectivity index (χ1) is 12.0. The Kier molecular flexibility index (Phi) is 6.69. The fourth-order valence-corrected chi connectivity index (χ4v) is 13.1. The van der Waals surface area contributed by atoms with Gasteiger partial charge in [0, 0.05) is 0 Å². The van der Waals surface area contributed by atoms with Crippen LogP contribution in [-0.4, -0.2) is 25.9 Å². The maximum atomic E-state index is 6.89. The van der Waals surface area contributed by atoms with Gasteiger partial charge in [-0.25, -0.2) is 0 Å². The van der Waals surface area contributed by atoms with Crippen molar-refractivity contribution in [3.05, 3.63) is 97.5 Å². The van der Waals surface area contributed by atoms with Crippen LogP contribution < -0.4 is 10.4 Å². The molecule has 0 aliphatic rings. The van der Waals surface area contributed by atoms with Crippen LogP contribution >= 0.6 is 0 Å². The molecule has 0 spiro atoms. The Hall–Kier alpha value is -1.77. The molecular weight excluding hydrogens is 356 g/mol. The van der Waals surface area contributed by atoms with E-state index in [0.717, 1.165) is 10.4 Å². The Morgan fingerprint density at radius 2 is 1.16 bits per heavy atom. The third-order valence-corrected chi connectivity index (χ3v) is 13.9. The summed E-state index contributed by atoms with van der Waals surface area (Å²) in [4.78, 5) is 0. The van der Waals surface area contributed by atoms with Gasteiger partial charge in [-0.2, -0.15) is 0 Å². The van der Waals surface area contributed by atoms with Crippen LogP contribution in [0, 0.1) is 0 Å². The molecule has 0 unspecified atom stereocenters. The highest BCUT2D eigenvalue weighted by Crippen LogP contribution is 2.20. The zero-order valence-corrected chi connectivity index (χ0v) is 18.2. The van der Waals surface area contributed by atoms with E-state index in [1.54, 1.807) is 0 Å². The quantitative estimate of drug-likeness (QED) is 0.619. The maximum Gasteiger partial charge on any atom is 0.386 e. The third kappa shape index (κ3) is 4.26. The van der Waals surface area contributed by atoms with Crippen LogP contribution in [0.1, 0.15) is 0 Å². The Bertz CT molecular complexity index is 653. The van der Waals surface area contributed by atoms with E-state index in [0.29, 0.717) is 0 Å². The number of hydrogen-bond acceptors (Lipinski definition) is 2. The molecule has 130 valence electrons. The van der Waals surface area contributed by atoms with E-state index in [1.165, 1.54) is 0 Å². The first-order valence-electron chi connectivity index (χ1n) is 8.41. The normalized spacial score (nSPS) is 12.0. The number of rotatable bonds is 9. The Balaban J connectivity index is 2.73. The second-order valence-corrected chi connectivity index (χ2v) is 15.3. The van der Waals surface area contributed by atoms with Gasteiger partial charge in [0.2, 0.25) is 0 Å². The van der Waals surface area contributed by atoms with Gasteiger partial charge in [-0.05, 0) is 23.5 Å². The fourth-order valence-electron chi connectivity index (χ4n) is 2.72. The van der Waals surface area contributed by atoms with Gasteiger partial charge in [-0.15, -0.1) is 19.7 Å². The van der Waals surface area contributed by atoms with Gasteiger partial charge in [-0.1, -0.05) is 77.8 Å². The molecule has 2 rings (SSSR count). The Labute approximate surface area is 155 Å². The molecule has 2 aromatic carbocycles. The van der Waals surface area contributed by atoms with E-state index in [-0.39, 0.29) is 0 Å². The average Bonchev–Trinajstić information content (AvgIpc) is 2.66. The molecular formula is C20H26O2Si3. The minimum absolute atomic E-state index is 1.10. The minimum Gasteiger partial charge on any atom is -0.433 e. The molecule has 0 bridgehead atoms. The summed E-state index contributed by atoms with van der Waals surface area (Å²) in [7, 11) is -6.84. The third-order valence-electron chi connectivity index (χ3n) is 3.99. The van der Waals surface area contributed by atoms with E-state index in [1.807, 2.05) is 53.5 Å². The van der Waals surface area contributed by atoms with E-state index >= 15 is 0 Å². The van der Waals surface area contributed by atoms with Crippen molar-refractivity contribution in [2.75, 3.05) is 0 Å². The van der Waals surface area contributed by atoms with Crippen molar-refractivity contribution in [3.63, 3.8) is 0 Å². The van der Waals surface area contributed by atoms with Gasteiger partial charge in [0.25, 0.3) is 8.32 Å². The Morgan fingerprint density at radius 3 is 1.48 bits per heavy atom. The minimum atomic E-state index is -2.90. The topological polar surface area (TPSA) is 18.5 Å². The lowest BCUT2D eigenvalue weighted by Gasteiger charge is -2.39. The van der Waals surface area contributed by atoms with Gasteiger partial charge in [0.15, 0.2) is 9.04 Å². The molecule has 0 amide bonds. The molecule has 0 aliphatic heterocycles. The van der Waals surface area contributed by atoms with Gasteiger partial charge in [0.05, 0.1) is 0 Å². The van der Waals surface area contributed by atoms with Gasteiger partial charge in [-0.3, -0.25) is 0 Å². The molecule has 0 radical (unpaired) electrons. The van der Waals surface area contributed by atoms with Crippen LogP contribution in [-0.2, 0) is 8.23 Å². The van der Waals surface area contributed by atoms with E-state index < -0.39 is 25.9 Å². The predicted octanol–water partition coefficient (Wildman–Crippen LogP) is 3.38. The van der Waals surface area contributed by atoms with Crippen molar-refractivity contribution < 1.29 is 8.23 Å². The monoisotopic (exact) mass is 382 g/mol. The molecule has 0 saturated carbocycles. The highest BCUT2D eigenvalue weighted by molar-refractivity contribution is 7.04. The summed E-state index contributed by atoms with van der Waals surface area (Å²) >= 11 is 0. The number of benzene rings is 2. The Morgan fingerprint density at radius 1 is 0.760 bits per heavy atom. The lowest BCUT2D eigenvalue weighted by atomic mass is 10.4. The summed E-state index contributed by atoms with van der Waals surface area (Å²) in [5, 5.41) is 2.20. The van der Waals surface area contributed by atoms with Gasteiger partial charge < -0.3 is 8.23 Å². The van der Waals surface area contributed by atoms with Crippen LogP contribution in [0.25, 0.3) is 0 Å².